The Balaban J connectivity index is 2.91. The summed E-state index contributed by atoms with van der Waals surface area (Å²) in [5.41, 5.74) is -0.251. The Kier molecular flexibility index (Phi) is 0.776. The predicted octanol–water partition coefficient (Wildman–Crippen LogP) is 2.63. The highest BCUT2D eigenvalue weighted by Crippen LogP contribution is 2.13. The molecule has 0 aliphatic heterocycles. The van der Waals surface area contributed by atoms with Crippen LogP contribution in [0.4, 0.5) is 0 Å². The van der Waals surface area contributed by atoms with E-state index in [-0.39, 0.29) is 22.2 Å². The van der Waals surface area contributed by atoms with Gasteiger partial charge in [-0.25, -0.2) is 4.98 Å². The van der Waals surface area contributed by atoms with Crippen LogP contribution in [0.3, 0.4) is 0 Å². The van der Waals surface area contributed by atoms with E-state index in [2.05, 4.69) is 20.9 Å². The second-order valence-corrected chi connectivity index (χ2v) is 2.73. The zero-order chi connectivity index (χ0) is 14.5. The molecule has 2 nitrogen and oxygen atoms in total. The molecule has 2 rings (SSSR count). The first-order valence-electron chi connectivity index (χ1n) is 6.56. The quantitative estimate of drug-likeness (QED) is 0.736. The standard InChI is InChI=1S/C9H7BrN2/c10-8-1-3-9(4-2-8)12-6-5-11-7-12/h1-7H/i1D,2D,3D,4D,5D,6D,7D. The van der Waals surface area contributed by atoms with Crippen LogP contribution in [0.15, 0.2) is 47.3 Å². The number of halogens is 1. The molecular weight excluding hydrogens is 216 g/mol. The minimum absolute atomic E-state index is 0.00974. The van der Waals surface area contributed by atoms with E-state index in [1.165, 1.54) is 0 Å². The normalized spacial score (nSPS) is 18.2. The summed E-state index contributed by atoms with van der Waals surface area (Å²) >= 11 is 2.96. The van der Waals surface area contributed by atoms with Gasteiger partial charge in [-0.1, -0.05) is 15.9 Å². The van der Waals surface area contributed by atoms with Gasteiger partial charge in [0.2, 0.25) is 0 Å². The molecule has 0 saturated carbocycles. The van der Waals surface area contributed by atoms with Gasteiger partial charge in [0.25, 0.3) is 0 Å². The predicted molar refractivity (Wildman–Crippen MR) is 51.3 cm³/mol. The van der Waals surface area contributed by atoms with Crippen molar-refractivity contribution >= 4 is 15.9 Å². The van der Waals surface area contributed by atoms with Crippen LogP contribution in [0.25, 0.3) is 5.69 Å². The Bertz CT molecular complexity index is 653. The molecule has 12 heavy (non-hydrogen) atoms. The van der Waals surface area contributed by atoms with Gasteiger partial charge in [-0.3, -0.25) is 0 Å². The number of benzene rings is 1. The smallest absolute Gasteiger partial charge is 0.105 e. The average molecular weight is 230 g/mol. The average Bonchev–Trinajstić information content (AvgIpc) is 2.61. The van der Waals surface area contributed by atoms with Crippen molar-refractivity contribution in [3.8, 4) is 5.69 Å². The summed E-state index contributed by atoms with van der Waals surface area (Å²) in [6, 6.07) is -1.41. The first-order chi connectivity index (χ1) is 8.77. The maximum Gasteiger partial charge on any atom is 0.105 e. The summed E-state index contributed by atoms with van der Waals surface area (Å²) < 4.78 is 54.4. The number of nitrogens with zero attached hydrogens (tertiary/aromatic N) is 2. The SMILES string of the molecule is [2H]c1nc([2H])n(-c2c([2H])c([2H])c(Br)c([2H])c2[2H])c1[2H]. The zero-order valence-corrected chi connectivity index (χ0v) is 7.36. The minimum Gasteiger partial charge on any atom is -0.306 e. The van der Waals surface area contributed by atoms with Gasteiger partial charge in [0.15, 0.2) is 0 Å². The Morgan fingerprint density at radius 1 is 1.33 bits per heavy atom. The van der Waals surface area contributed by atoms with Crippen molar-refractivity contribution in [1.29, 1.82) is 0 Å². The maximum absolute atomic E-state index is 7.82. The molecule has 0 aliphatic rings. The summed E-state index contributed by atoms with van der Waals surface area (Å²) in [5.74, 6) is 0. The van der Waals surface area contributed by atoms with Crippen LogP contribution in [0, 0.1) is 0 Å². The lowest BCUT2D eigenvalue weighted by molar-refractivity contribution is 1.06. The molecule has 0 aliphatic carbocycles. The Labute approximate surface area is 88.8 Å². The summed E-state index contributed by atoms with van der Waals surface area (Å²) in [6.45, 7) is 0. The summed E-state index contributed by atoms with van der Waals surface area (Å²) in [5, 5.41) is 0. The molecule has 0 bridgehead atoms. The van der Waals surface area contributed by atoms with Crippen molar-refractivity contribution in [2.45, 2.75) is 0 Å². The molecule has 0 fully saturated rings. The van der Waals surface area contributed by atoms with E-state index in [9.17, 15) is 0 Å². The highest BCUT2D eigenvalue weighted by atomic mass is 79.9. The number of rotatable bonds is 1. The third kappa shape index (κ3) is 1.41. The largest absolute Gasteiger partial charge is 0.306 e. The third-order valence-corrected chi connectivity index (χ3v) is 1.57. The van der Waals surface area contributed by atoms with E-state index < -0.39 is 30.7 Å². The van der Waals surface area contributed by atoms with Gasteiger partial charge in [-0.2, -0.15) is 0 Å². The van der Waals surface area contributed by atoms with Crippen LogP contribution in [-0.2, 0) is 0 Å². The fraction of sp³-hybridized carbons (Fsp3) is 0. The van der Waals surface area contributed by atoms with Gasteiger partial charge >= 0.3 is 0 Å². The van der Waals surface area contributed by atoms with E-state index in [1.807, 2.05) is 0 Å². The Morgan fingerprint density at radius 2 is 2.08 bits per heavy atom. The molecule has 60 valence electrons. The molecule has 0 atom stereocenters. The van der Waals surface area contributed by atoms with E-state index in [4.69, 9.17) is 9.60 Å². The van der Waals surface area contributed by atoms with Crippen LogP contribution >= 0.6 is 15.9 Å². The zero-order valence-electron chi connectivity index (χ0n) is 12.8. The number of hydrogen-bond donors (Lipinski definition) is 0. The molecule has 0 spiro atoms. The molecule has 0 unspecified atom stereocenters. The van der Waals surface area contributed by atoms with Crippen LogP contribution in [0.1, 0.15) is 9.60 Å². The monoisotopic (exact) mass is 229 g/mol. The molecular formula is C9H7BrN2. The van der Waals surface area contributed by atoms with Crippen LogP contribution < -0.4 is 0 Å². The summed E-state index contributed by atoms with van der Waals surface area (Å²) in [7, 11) is 0. The van der Waals surface area contributed by atoms with Gasteiger partial charge in [0.05, 0.1) is 14.5 Å². The molecule has 2 aromatic rings. The second kappa shape index (κ2) is 3.11. The van der Waals surface area contributed by atoms with E-state index in [1.54, 1.807) is 0 Å². The second-order valence-electron chi connectivity index (χ2n) is 1.93. The van der Waals surface area contributed by atoms with E-state index >= 15 is 0 Å². The van der Waals surface area contributed by atoms with E-state index in [0.717, 1.165) is 4.57 Å². The van der Waals surface area contributed by atoms with Crippen LogP contribution in [0.5, 0.6) is 0 Å². The van der Waals surface area contributed by atoms with Gasteiger partial charge in [0, 0.05) is 22.5 Å². The Morgan fingerprint density at radius 3 is 2.67 bits per heavy atom. The molecule has 1 heterocycles. The van der Waals surface area contributed by atoms with Crippen molar-refractivity contribution < 1.29 is 9.60 Å². The lowest BCUT2D eigenvalue weighted by Gasteiger charge is -2.00. The van der Waals surface area contributed by atoms with Gasteiger partial charge in [-0.05, 0) is 24.2 Å². The lowest BCUT2D eigenvalue weighted by atomic mass is 10.3. The molecule has 0 N–H and O–H groups in total. The lowest BCUT2D eigenvalue weighted by Crippen LogP contribution is -1.87. The topological polar surface area (TPSA) is 17.8 Å². The van der Waals surface area contributed by atoms with Crippen LogP contribution in [0.2, 0.25) is 0 Å². The van der Waals surface area contributed by atoms with Gasteiger partial charge in [-0.15, -0.1) is 0 Å². The fourth-order valence-electron chi connectivity index (χ4n) is 0.683. The van der Waals surface area contributed by atoms with Crippen molar-refractivity contribution in [1.82, 2.24) is 9.55 Å². The summed E-state index contributed by atoms with van der Waals surface area (Å²) in [4.78, 5) is 3.46. The molecule has 1 aromatic heterocycles. The molecule has 0 saturated heterocycles. The van der Waals surface area contributed by atoms with Crippen molar-refractivity contribution in [3.63, 3.8) is 0 Å². The van der Waals surface area contributed by atoms with Crippen molar-refractivity contribution in [2.75, 3.05) is 0 Å². The first-order valence-corrected chi connectivity index (χ1v) is 3.85. The maximum atomic E-state index is 7.82. The van der Waals surface area contributed by atoms with Gasteiger partial charge < -0.3 is 4.57 Å². The molecule has 1 aromatic carbocycles. The molecule has 3 heteroatoms. The number of aromatic nitrogens is 2. The third-order valence-electron chi connectivity index (χ3n) is 1.17. The fourth-order valence-corrected chi connectivity index (χ4v) is 0.882. The Hall–Kier alpha value is -1.09. The van der Waals surface area contributed by atoms with Crippen molar-refractivity contribution in [2.24, 2.45) is 0 Å². The molecule has 0 amide bonds. The summed E-state index contributed by atoms with van der Waals surface area (Å²) in [6.07, 6.45) is -1.38. The van der Waals surface area contributed by atoms with Gasteiger partial charge in [0.1, 0.15) is 1.37 Å². The van der Waals surface area contributed by atoms with E-state index in [0.29, 0.717) is 0 Å². The molecule has 0 radical (unpaired) electrons. The first kappa shape index (κ1) is 3.00. The highest BCUT2D eigenvalue weighted by Gasteiger charge is 1.92. The number of imidazole rings is 1. The number of hydrogen-bond acceptors (Lipinski definition) is 1. The highest BCUT2D eigenvalue weighted by molar-refractivity contribution is 9.10. The van der Waals surface area contributed by atoms with Crippen LogP contribution in [-0.4, -0.2) is 9.55 Å². The minimum atomic E-state index is -0.474. The van der Waals surface area contributed by atoms with Crippen molar-refractivity contribution in [3.05, 3.63) is 47.3 Å².